The molecular weight excluding hydrogens is 252 g/mol. The van der Waals surface area contributed by atoms with Crippen LogP contribution in [0.1, 0.15) is 37.0 Å². The maximum atomic E-state index is 11.5. The molecule has 0 radical (unpaired) electrons. The Hall–Kier alpha value is -1.55. The summed E-state index contributed by atoms with van der Waals surface area (Å²) in [5.74, 6) is 0.498. The van der Waals surface area contributed by atoms with E-state index in [1.807, 2.05) is 24.3 Å². The SMILES string of the molecule is CNC(=O)c1ccc(NC2CCOC(C(C)C)C2)cc1. The summed E-state index contributed by atoms with van der Waals surface area (Å²) in [6, 6.07) is 8.07. The molecule has 1 aromatic rings. The Kier molecular flexibility index (Phi) is 5.01. The van der Waals surface area contributed by atoms with Crippen molar-refractivity contribution in [2.45, 2.75) is 38.8 Å². The Labute approximate surface area is 120 Å². The summed E-state index contributed by atoms with van der Waals surface area (Å²) >= 11 is 0. The zero-order valence-electron chi connectivity index (χ0n) is 12.5. The van der Waals surface area contributed by atoms with Crippen LogP contribution < -0.4 is 10.6 Å². The van der Waals surface area contributed by atoms with Crippen molar-refractivity contribution in [3.8, 4) is 0 Å². The van der Waals surface area contributed by atoms with E-state index in [1.165, 1.54) is 0 Å². The number of hydrogen-bond acceptors (Lipinski definition) is 3. The summed E-state index contributed by atoms with van der Waals surface area (Å²) in [7, 11) is 1.64. The topological polar surface area (TPSA) is 50.4 Å². The second-order valence-corrected chi connectivity index (χ2v) is 5.68. The van der Waals surface area contributed by atoms with Crippen molar-refractivity contribution >= 4 is 11.6 Å². The van der Waals surface area contributed by atoms with Crippen LogP contribution in [-0.4, -0.2) is 31.7 Å². The molecule has 0 spiro atoms. The predicted molar refractivity (Wildman–Crippen MR) is 81.1 cm³/mol. The Morgan fingerprint density at radius 2 is 2.00 bits per heavy atom. The fourth-order valence-electron chi connectivity index (χ4n) is 2.52. The Balaban J connectivity index is 1.94. The lowest BCUT2D eigenvalue weighted by atomic mass is 9.95. The number of nitrogens with one attached hydrogen (secondary N) is 2. The molecule has 1 aliphatic heterocycles. The van der Waals surface area contributed by atoms with Crippen molar-refractivity contribution in [1.29, 1.82) is 0 Å². The van der Waals surface area contributed by atoms with Gasteiger partial charge in [-0.2, -0.15) is 0 Å². The molecule has 110 valence electrons. The summed E-state index contributed by atoms with van der Waals surface area (Å²) in [5, 5.41) is 6.16. The van der Waals surface area contributed by atoms with Gasteiger partial charge in [-0.1, -0.05) is 13.8 Å². The van der Waals surface area contributed by atoms with E-state index in [0.29, 0.717) is 23.6 Å². The molecule has 1 aliphatic rings. The number of rotatable bonds is 4. The first-order chi connectivity index (χ1) is 9.60. The summed E-state index contributed by atoms with van der Waals surface area (Å²) in [6.45, 7) is 5.22. The smallest absolute Gasteiger partial charge is 0.251 e. The van der Waals surface area contributed by atoms with Crippen molar-refractivity contribution < 1.29 is 9.53 Å². The largest absolute Gasteiger partial charge is 0.382 e. The van der Waals surface area contributed by atoms with Gasteiger partial charge in [-0.25, -0.2) is 0 Å². The molecule has 1 amide bonds. The highest BCUT2D eigenvalue weighted by atomic mass is 16.5. The second kappa shape index (κ2) is 6.75. The summed E-state index contributed by atoms with van der Waals surface area (Å²) in [4.78, 5) is 11.5. The van der Waals surface area contributed by atoms with Crippen LogP contribution in [0.25, 0.3) is 0 Å². The first-order valence-corrected chi connectivity index (χ1v) is 7.30. The number of carbonyl (C=O) groups excluding carboxylic acids is 1. The van der Waals surface area contributed by atoms with Crippen LogP contribution in [0, 0.1) is 5.92 Å². The Bertz CT molecular complexity index is 442. The molecule has 0 saturated carbocycles. The van der Waals surface area contributed by atoms with Crippen LogP contribution in [-0.2, 0) is 4.74 Å². The highest BCUT2D eigenvalue weighted by Gasteiger charge is 2.24. The second-order valence-electron chi connectivity index (χ2n) is 5.68. The van der Waals surface area contributed by atoms with E-state index in [-0.39, 0.29) is 5.91 Å². The van der Waals surface area contributed by atoms with Gasteiger partial charge in [0.25, 0.3) is 5.91 Å². The van der Waals surface area contributed by atoms with Gasteiger partial charge in [0.2, 0.25) is 0 Å². The molecule has 2 unspecified atom stereocenters. The van der Waals surface area contributed by atoms with E-state index < -0.39 is 0 Å². The standard InChI is InChI=1S/C16H24N2O2/c1-11(2)15-10-14(8-9-20-15)18-13-6-4-12(5-7-13)16(19)17-3/h4-7,11,14-15,18H,8-10H2,1-3H3,(H,17,19). The third kappa shape index (κ3) is 3.73. The van der Waals surface area contributed by atoms with Gasteiger partial charge in [-0.05, 0) is 43.0 Å². The lowest BCUT2D eigenvalue weighted by Crippen LogP contribution is -2.36. The normalized spacial score (nSPS) is 22.6. The first kappa shape index (κ1) is 14.9. The number of anilines is 1. The maximum Gasteiger partial charge on any atom is 0.251 e. The molecule has 20 heavy (non-hydrogen) atoms. The summed E-state index contributed by atoms with van der Waals surface area (Å²) < 4.78 is 5.78. The highest BCUT2D eigenvalue weighted by Crippen LogP contribution is 2.23. The minimum atomic E-state index is -0.0533. The highest BCUT2D eigenvalue weighted by molar-refractivity contribution is 5.94. The fourth-order valence-corrected chi connectivity index (χ4v) is 2.52. The zero-order valence-corrected chi connectivity index (χ0v) is 12.5. The van der Waals surface area contributed by atoms with Gasteiger partial charge in [0.1, 0.15) is 0 Å². The van der Waals surface area contributed by atoms with Crippen LogP contribution >= 0.6 is 0 Å². The van der Waals surface area contributed by atoms with E-state index in [0.717, 1.165) is 25.1 Å². The lowest BCUT2D eigenvalue weighted by Gasteiger charge is -2.33. The fraction of sp³-hybridized carbons (Fsp3) is 0.562. The molecular formula is C16H24N2O2. The minimum Gasteiger partial charge on any atom is -0.382 e. The number of hydrogen-bond donors (Lipinski definition) is 2. The average molecular weight is 276 g/mol. The summed E-state index contributed by atoms with van der Waals surface area (Å²) in [5.41, 5.74) is 1.75. The summed E-state index contributed by atoms with van der Waals surface area (Å²) in [6.07, 6.45) is 2.40. The van der Waals surface area contributed by atoms with E-state index >= 15 is 0 Å². The van der Waals surface area contributed by atoms with Crippen molar-refractivity contribution in [3.05, 3.63) is 29.8 Å². The molecule has 1 heterocycles. The van der Waals surface area contributed by atoms with E-state index in [4.69, 9.17) is 4.74 Å². The number of amides is 1. The lowest BCUT2D eigenvalue weighted by molar-refractivity contribution is -0.0160. The van der Waals surface area contributed by atoms with Gasteiger partial charge < -0.3 is 15.4 Å². The third-order valence-corrected chi connectivity index (χ3v) is 3.80. The molecule has 1 fully saturated rings. The first-order valence-electron chi connectivity index (χ1n) is 7.30. The zero-order chi connectivity index (χ0) is 14.5. The Morgan fingerprint density at radius 3 is 2.60 bits per heavy atom. The molecule has 2 N–H and O–H groups in total. The average Bonchev–Trinajstić information content (AvgIpc) is 2.47. The predicted octanol–water partition coefficient (Wildman–Crippen LogP) is 2.66. The van der Waals surface area contributed by atoms with Crippen molar-refractivity contribution in [3.63, 3.8) is 0 Å². The van der Waals surface area contributed by atoms with Gasteiger partial charge in [0, 0.05) is 30.9 Å². The molecule has 4 heteroatoms. The molecule has 0 bridgehead atoms. The number of benzene rings is 1. The minimum absolute atomic E-state index is 0.0533. The molecule has 0 aliphatic carbocycles. The number of carbonyl (C=O) groups is 1. The van der Waals surface area contributed by atoms with Crippen molar-refractivity contribution in [1.82, 2.24) is 5.32 Å². The van der Waals surface area contributed by atoms with Crippen molar-refractivity contribution in [2.75, 3.05) is 19.0 Å². The quantitative estimate of drug-likeness (QED) is 0.889. The third-order valence-electron chi connectivity index (χ3n) is 3.80. The molecule has 0 aromatic heterocycles. The van der Waals surface area contributed by atoms with Crippen LogP contribution in [0.2, 0.25) is 0 Å². The van der Waals surface area contributed by atoms with Gasteiger partial charge >= 0.3 is 0 Å². The Morgan fingerprint density at radius 1 is 1.30 bits per heavy atom. The molecule has 1 aromatic carbocycles. The van der Waals surface area contributed by atoms with E-state index in [1.54, 1.807) is 7.05 Å². The van der Waals surface area contributed by atoms with Gasteiger partial charge in [-0.3, -0.25) is 4.79 Å². The van der Waals surface area contributed by atoms with Crippen LogP contribution in [0.4, 0.5) is 5.69 Å². The van der Waals surface area contributed by atoms with Crippen molar-refractivity contribution in [2.24, 2.45) is 5.92 Å². The maximum absolute atomic E-state index is 11.5. The molecule has 1 saturated heterocycles. The van der Waals surface area contributed by atoms with Crippen LogP contribution in [0.3, 0.4) is 0 Å². The van der Waals surface area contributed by atoms with Gasteiger partial charge in [0.05, 0.1) is 6.10 Å². The van der Waals surface area contributed by atoms with Crippen LogP contribution in [0.15, 0.2) is 24.3 Å². The van der Waals surface area contributed by atoms with E-state index in [9.17, 15) is 4.79 Å². The molecule has 2 rings (SSSR count). The van der Waals surface area contributed by atoms with E-state index in [2.05, 4.69) is 24.5 Å². The monoisotopic (exact) mass is 276 g/mol. The number of ether oxygens (including phenoxy) is 1. The van der Waals surface area contributed by atoms with Crippen LogP contribution in [0.5, 0.6) is 0 Å². The molecule has 2 atom stereocenters. The van der Waals surface area contributed by atoms with Gasteiger partial charge in [0.15, 0.2) is 0 Å². The van der Waals surface area contributed by atoms with Gasteiger partial charge in [-0.15, -0.1) is 0 Å². The molecule has 4 nitrogen and oxygen atoms in total.